The second-order valence-electron chi connectivity index (χ2n) is 5.71. The number of hydrogen-bond acceptors (Lipinski definition) is 5. The van der Waals surface area contributed by atoms with Gasteiger partial charge < -0.3 is 19.9 Å². The molecular weight excluding hydrogens is 366 g/mol. The van der Waals surface area contributed by atoms with Crippen LogP contribution in [0.3, 0.4) is 0 Å². The van der Waals surface area contributed by atoms with Gasteiger partial charge in [0, 0.05) is 23.6 Å². The summed E-state index contributed by atoms with van der Waals surface area (Å²) < 4.78 is 10.4. The lowest BCUT2D eigenvalue weighted by atomic mass is 10.1. The van der Waals surface area contributed by atoms with Crippen LogP contribution in [0.15, 0.2) is 47.4 Å². The fourth-order valence-electron chi connectivity index (χ4n) is 2.44. The Labute approximate surface area is 162 Å². The van der Waals surface area contributed by atoms with Crippen LogP contribution in [-0.4, -0.2) is 43.5 Å². The first kappa shape index (κ1) is 20.6. The van der Waals surface area contributed by atoms with Crippen molar-refractivity contribution in [1.82, 2.24) is 5.32 Å². The lowest BCUT2D eigenvalue weighted by Gasteiger charge is -2.10. The monoisotopic (exact) mass is 389 g/mol. The third-order valence-electron chi connectivity index (χ3n) is 3.91. The lowest BCUT2D eigenvalue weighted by Crippen LogP contribution is -2.26. The van der Waals surface area contributed by atoms with Gasteiger partial charge >= 0.3 is 5.97 Å². The van der Waals surface area contributed by atoms with Gasteiger partial charge in [-0.05, 0) is 48.4 Å². The summed E-state index contributed by atoms with van der Waals surface area (Å²) in [6.07, 6.45) is 0.992. The Balaban J connectivity index is 1.73. The largest absolute Gasteiger partial charge is 0.497 e. The minimum Gasteiger partial charge on any atom is -0.497 e. The van der Waals surface area contributed by atoms with E-state index in [2.05, 4.69) is 5.32 Å². The van der Waals surface area contributed by atoms with E-state index in [4.69, 9.17) is 14.6 Å². The number of ether oxygens (including phenoxy) is 2. The summed E-state index contributed by atoms with van der Waals surface area (Å²) in [6.45, 7) is 0.467. The topological polar surface area (TPSA) is 84.9 Å². The van der Waals surface area contributed by atoms with Crippen molar-refractivity contribution in [2.75, 3.05) is 26.5 Å². The van der Waals surface area contributed by atoms with E-state index in [1.807, 2.05) is 24.3 Å². The highest BCUT2D eigenvalue weighted by atomic mass is 32.2. The highest BCUT2D eigenvalue weighted by molar-refractivity contribution is 7.99. The summed E-state index contributed by atoms with van der Waals surface area (Å²) in [5.41, 5.74) is 1.03. The van der Waals surface area contributed by atoms with Crippen LogP contribution in [0.25, 0.3) is 0 Å². The number of amides is 1. The summed E-state index contributed by atoms with van der Waals surface area (Å²) in [7, 11) is 3.13. The number of rotatable bonds is 10. The minimum atomic E-state index is -0.998. The molecule has 0 saturated heterocycles. The molecule has 0 radical (unpaired) electrons. The van der Waals surface area contributed by atoms with Crippen molar-refractivity contribution in [3.8, 4) is 11.5 Å². The van der Waals surface area contributed by atoms with Crippen molar-refractivity contribution in [1.29, 1.82) is 0 Å². The first-order valence-electron chi connectivity index (χ1n) is 8.47. The van der Waals surface area contributed by atoms with Crippen LogP contribution in [0, 0.1) is 0 Å². The summed E-state index contributed by atoms with van der Waals surface area (Å²) in [5, 5.41) is 11.9. The average Bonchev–Trinajstić information content (AvgIpc) is 2.68. The van der Waals surface area contributed by atoms with Gasteiger partial charge in [0.05, 0.1) is 19.8 Å². The van der Waals surface area contributed by atoms with E-state index in [-0.39, 0.29) is 11.5 Å². The molecule has 2 aromatic rings. The van der Waals surface area contributed by atoms with Crippen molar-refractivity contribution in [2.24, 2.45) is 0 Å². The van der Waals surface area contributed by atoms with Crippen LogP contribution in [0.1, 0.15) is 22.3 Å². The number of carboxylic acid groups (broad SMARTS) is 1. The summed E-state index contributed by atoms with van der Waals surface area (Å²) in [4.78, 5) is 24.1. The Bertz CT molecular complexity index is 776. The zero-order chi connectivity index (χ0) is 19.6. The van der Waals surface area contributed by atoms with Crippen LogP contribution >= 0.6 is 11.8 Å². The van der Waals surface area contributed by atoms with Gasteiger partial charge in [-0.15, -0.1) is 11.8 Å². The average molecular weight is 389 g/mol. The smallest absolute Gasteiger partial charge is 0.335 e. The standard InChI is InChI=1S/C20H23NO5S/c1-25-16-5-7-17(8-6-16)27-12-10-19(22)21-11-9-14-3-4-15(20(23)24)13-18(14)26-2/h3-8,13H,9-12H2,1-2H3,(H,21,22)(H,23,24). The van der Waals surface area contributed by atoms with E-state index < -0.39 is 5.97 Å². The van der Waals surface area contributed by atoms with E-state index in [1.54, 1.807) is 24.9 Å². The third kappa shape index (κ3) is 6.53. The Morgan fingerprint density at radius 3 is 2.44 bits per heavy atom. The molecule has 0 heterocycles. The molecule has 0 aliphatic rings. The molecule has 6 nitrogen and oxygen atoms in total. The molecule has 0 aliphatic carbocycles. The number of aromatic carboxylic acids is 1. The number of carbonyl (C=O) groups is 2. The molecular formula is C20H23NO5S. The van der Waals surface area contributed by atoms with E-state index in [0.29, 0.717) is 30.9 Å². The first-order valence-corrected chi connectivity index (χ1v) is 9.46. The van der Waals surface area contributed by atoms with E-state index in [0.717, 1.165) is 16.2 Å². The molecule has 2 N–H and O–H groups in total. The Hall–Kier alpha value is -2.67. The van der Waals surface area contributed by atoms with E-state index in [1.165, 1.54) is 19.2 Å². The molecule has 0 bridgehead atoms. The van der Waals surface area contributed by atoms with Gasteiger partial charge in [-0.25, -0.2) is 4.79 Å². The molecule has 0 atom stereocenters. The van der Waals surface area contributed by atoms with E-state index >= 15 is 0 Å². The van der Waals surface area contributed by atoms with Crippen LogP contribution in [-0.2, 0) is 11.2 Å². The summed E-state index contributed by atoms with van der Waals surface area (Å²) in [6, 6.07) is 12.5. The fraction of sp³-hybridized carbons (Fsp3) is 0.300. The van der Waals surface area contributed by atoms with Crippen molar-refractivity contribution in [3.05, 3.63) is 53.6 Å². The number of carboxylic acids is 1. The first-order chi connectivity index (χ1) is 13.0. The number of methoxy groups -OCH3 is 2. The van der Waals surface area contributed by atoms with Gasteiger partial charge in [-0.3, -0.25) is 4.79 Å². The Morgan fingerprint density at radius 1 is 1.07 bits per heavy atom. The molecule has 1 amide bonds. The van der Waals surface area contributed by atoms with Gasteiger partial charge in [-0.2, -0.15) is 0 Å². The lowest BCUT2D eigenvalue weighted by molar-refractivity contribution is -0.120. The molecule has 27 heavy (non-hydrogen) atoms. The number of carbonyl (C=O) groups excluding carboxylic acids is 1. The van der Waals surface area contributed by atoms with Crippen molar-refractivity contribution < 1.29 is 24.2 Å². The van der Waals surface area contributed by atoms with Crippen LogP contribution in [0.2, 0.25) is 0 Å². The predicted molar refractivity (Wildman–Crippen MR) is 105 cm³/mol. The predicted octanol–water partition coefficient (Wildman–Crippen LogP) is 3.24. The van der Waals surface area contributed by atoms with Crippen LogP contribution in [0.5, 0.6) is 11.5 Å². The number of nitrogens with one attached hydrogen (secondary N) is 1. The zero-order valence-corrected chi connectivity index (χ0v) is 16.2. The minimum absolute atomic E-state index is 0.0165. The van der Waals surface area contributed by atoms with Crippen molar-refractivity contribution in [3.63, 3.8) is 0 Å². The second kappa shape index (κ2) is 10.5. The molecule has 0 unspecified atom stereocenters. The van der Waals surface area contributed by atoms with Gasteiger partial charge in [0.15, 0.2) is 0 Å². The fourth-order valence-corrected chi connectivity index (χ4v) is 3.29. The van der Waals surface area contributed by atoms with Crippen molar-refractivity contribution >= 4 is 23.6 Å². The molecule has 2 aromatic carbocycles. The molecule has 2 rings (SSSR count). The molecule has 0 saturated carbocycles. The summed E-state index contributed by atoms with van der Waals surface area (Å²) in [5.74, 6) is 0.997. The molecule has 144 valence electrons. The quantitative estimate of drug-likeness (QED) is 0.607. The normalized spacial score (nSPS) is 10.3. The van der Waals surface area contributed by atoms with Crippen molar-refractivity contribution in [2.45, 2.75) is 17.7 Å². The van der Waals surface area contributed by atoms with Gasteiger partial charge in [0.25, 0.3) is 0 Å². The van der Waals surface area contributed by atoms with Gasteiger partial charge in [0.2, 0.25) is 5.91 Å². The third-order valence-corrected chi connectivity index (χ3v) is 4.92. The van der Waals surface area contributed by atoms with Crippen LogP contribution < -0.4 is 14.8 Å². The van der Waals surface area contributed by atoms with Crippen LogP contribution in [0.4, 0.5) is 0 Å². The van der Waals surface area contributed by atoms with Gasteiger partial charge in [0.1, 0.15) is 11.5 Å². The molecule has 0 spiro atoms. The molecule has 7 heteroatoms. The Kier molecular flexibility index (Phi) is 8.00. The Morgan fingerprint density at radius 2 is 1.81 bits per heavy atom. The maximum atomic E-state index is 12.0. The summed E-state index contributed by atoms with van der Waals surface area (Å²) >= 11 is 1.62. The maximum Gasteiger partial charge on any atom is 0.335 e. The number of benzene rings is 2. The second-order valence-corrected chi connectivity index (χ2v) is 6.87. The van der Waals surface area contributed by atoms with Gasteiger partial charge in [-0.1, -0.05) is 6.07 Å². The number of hydrogen-bond donors (Lipinski definition) is 2. The molecule has 0 aromatic heterocycles. The zero-order valence-electron chi connectivity index (χ0n) is 15.4. The number of thioether (sulfide) groups is 1. The van der Waals surface area contributed by atoms with E-state index in [9.17, 15) is 9.59 Å². The highest BCUT2D eigenvalue weighted by Gasteiger charge is 2.09. The highest BCUT2D eigenvalue weighted by Crippen LogP contribution is 2.22. The molecule has 0 aliphatic heterocycles. The SMILES string of the molecule is COc1ccc(SCCC(=O)NCCc2ccc(C(=O)O)cc2OC)cc1. The molecule has 0 fully saturated rings. The maximum absolute atomic E-state index is 12.0.